The topological polar surface area (TPSA) is 17.1 Å². The van der Waals surface area contributed by atoms with Crippen LogP contribution in [0.4, 0.5) is 0 Å². The fourth-order valence-electron chi connectivity index (χ4n) is 1.59. The molecular formula is C16H13BrO. The molecule has 0 unspecified atom stereocenters. The Morgan fingerprint density at radius 3 is 2.50 bits per heavy atom. The Hall–Kier alpha value is -1.67. The van der Waals surface area contributed by atoms with Crippen molar-refractivity contribution in [3.05, 3.63) is 75.8 Å². The highest BCUT2D eigenvalue weighted by atomic mass is 79.9. The highest BCUT2D eigenvalue weighted by molar-refractivity contribution is 9.10. The summed E-state index contributed by atoms with van der Waals surface area (Å²) in [7, 11) is 0. The molecular weight excluding hydrogens is 288 g/mol. The van der Waals surface area contributed by atoms with E-state index in [0.717, 1.165) is 10.0 Å². The van der Waals surface area contributed by atoms with Gasteiger partial charge >= 0.3 is 0 Å². The van der Waals surface area contributed by atoms with Crippen molar-refractivity contribution in [1.29, 1.82) is 0 Å². The molecule has 0 bridgehead atoms. The minimum Gasteiger partial charge on any atom is -0.289 e. The molecule has 0 atom stereocenters. The van der Waals surface area contributed by atoms with E-state index in [1.165, 1.54) is 5.56 Å². The van der Waals surface area contributed by atoms with Crippen LogP contribution in [0.3, 0.4) is 0 Å². The second kappa shape index (κ2) is 5.78. The normalized spacial score (nSPS) is 10.8. The summed E-state index contributed by atoms with van der Waals surface area (Å²) in [6.45, 7) is 2.04. The van der Waals surface area contributed by atoms with Gasteiger partial charge in [-0.05, 0) is 30.7 Å². The zero-order valence-corrected chi connectivity index (χ0v) is 11.6. The Morgan fingerprint density at radius 2 is 1.83 bits per heavy atom. The summed E-state index contributed by atoms with van der Waals surface area (Å²) in [4.78, 5) is 11.9. The van der Waals surface area contributed by atoms with Crippen LogP contribution in [-0.4, -0.2) is 5.78 Å². The number of hydrogen-bond acceptors (Lipinski definition) is 1. The van der Waals surface area contributed by atoms with Gasteiger partial charge in [0.2, 0.25) is 0 Å². The molecule has 0 saturated heterocycles. The maximum atomic E-state index is 11.9. The van der Waals surface area contributed by atoms with Crippen molar-refractivity contribution in [1.82, 2.24) is 0 Å². The summed E-state index contributed by atoms with van der Waals surface area (Å²) in [6.07, 6.45) is 3.44. The molecule has 0 spiro atoms. The first-order chi connectivity index (χ1) is 8.65. The van der Waals surface area contributed by atoms with E-state index in [0.29, 0.717) is 5.56 Å². The molecule has 0 amide bonds. The molecule has 0 aliphatic carbocycles. The zero-order valence-electron chi connectivity index (χ0n) is 10.1. The molecule has 2 aromatic carbocycles. The molecule has 2 rings (SSSR count). The zero-order chi connectivity index (χ0) is 13.0. The lowest BCUT2D eigenvalue weighted by Gasteiger charge is -1.97. The van der Waals surface area contributed by atoms with E-state index in [9.17, 15) is 4.79 Å². The molecule has 0 aliphatic heterocycles. The highest BCUT2D eigenvalue weighted by Crippen LogP contribution is 2.13. The summed E-state index contributed by atoms with van der Waals surface area (Å²) in [6, 6.07) is 15.5. The molecule has 0 fully saturated rings. The number of benzene rings is 2. The number of carbonyl (C=O) groups is 1. The monoisotopic (exact) mass is 300 g/mol. The van der Waals surface area contributed by atoms with Crippen molar-refractivity contribution >= 4 is 27.8 Å². The smallest absolute Gasteiger partial charge is 0.185 e. The third kappa shape index (κ3) is 3.41. The molecule has 2 heteroatoms. The largest absolute Gasteiger partial charge is 0.289 e. The molecule has 1 nitrogen and oxygen atoms in total. The van der Waals surface area contributed by atoms with Gasteiger partial charge in [-0.2, -0.15) is 0 Å². The number of hydrogen-bond donors (Lipinski definition) is 0. The first kappa shape index (κ1) is 12.8. The summed E-state index contributed by atoms with van der Waals surface area (Å²) in [5.41, 5.74) is 2.93. The van der Waals surface area contributed by atoms with Gasteiger partial charge < -0.3 is 0 Å². The molecule has 90 valence electrons. The first-order valence-corrected chi connectivity index (χ1v) is 6.49. The van der Waals surface area contributed by atoms with E-state index in [4.69, 9.17) is 0 Å². The minimum absolute atomic E-state index is 0.0110. The second-order valence-electron chi connectivity index (χ2n) is 4.12. The van der Waals surface area contributed by atoms with Gasteiger partial charge in [0.05, 0.1) is 0 Å². The fourth-order valence-corrected chi connectivity index (χ4v) is 1.99. The lowest BCUT2D eigenvalue weighted by atomic mass is 10.1. The Morgan fingerprint density at radius 1 is 1.11 bits per heavy atom. The third-order valence-electron chi connectivity index (χ3n) is 2.61. The van der Waals surface area contributed by atoms with Crippen molar-refractivity contribution in [2.75, 3.05) is 0 Å². The Labute approximate surface area is 115 Å². The first-order valence-electron chi connectivity index (χ1n) is 5.70. The van der Waals surface area contributed by atoms with E-state index in [1.54, 1.807) is 6.08 Å². The standard InChI is InChI=1S/C16H13BrO/c1-12-5-7-13(8-6-12)9-10-16(18)14-3-2-4-15(17)11-14/h2-11H,1H3/b10-9+. The molecule has 0 N–H and O–H groups in total. The van der Waals surface area contributed by atoms with Crippen LogP contribution in [0.2, 0.25) is 0 Å². The quantitative estimate of drug-likeness (QED) is 0.595. The maximum Gasteiger partial charge on any atom is 0.185 e. The Kier molecular flexibility index (Phi) is 4.11. The van der Waals surface area contributed by atoms with Crippen molar-refractivity contribution in [2.24, 2.45) is 0 Å². The average molecular weight is 301 g/mol. The van der Waals surface area contributed by atoms with Gasteiger partial charge in [0.15, 0.2) is 5.78 Å². The predicted octanol–water partition coefficient (Wildman–Crippen LogP) is 4.65. The number of rotatable bonds is 3. The average Bonchev–Trinajstić information content (AvgIpc) is 2.38. The number of carbonyl (C=O) groups excluding carboxylic acids is 1. The van der Waals surface area contributed by atoms with Crippen molar-refractivity contribution in [2.45, 2.75) is 6.92 Å². The van der Waals surface area contributed by atoms with Crippen LogP contribution >= 0.6 is 15.9 Å². The van der Waals surface area contributed by atoms with Gasteiger partial charge in [-0.25, -0.2) is 0 Å². The molecule has 0 saturated carbocycles. The Bertz CT molecular complexity index is 582. The molecule has 0 radical (unpaired) electrons. The number of allylic oxidation sites excluding steroid dienone is 1. The van der Waals surface area contributed by atoms with E-state index in [2.05, 4.69) is 15.9 Å². The number of ketones is 1. The summed E-state index contributed by atoms with van der Waals surface area (Å²) in [5, 5.41) is 0. The highest BCUT2D eigenvalue weighted by Gasteiger charge is 2.01. The summed E-state index contributed by atoms with van der Waals surface area (Å²) >= 11 is 3.36. The fraction of sp³-hybridized carbons (Fsp3) is 0.0625. The van der Waals surface area contributed by atoms with E-state index in [1.807, 2.05) is 61.5 Å². The molecule has 0 aromatic heterocycles. The molecule has 0 heterocycles. The Balaban J connectivity index is 2.14. The van der Waals surface area contributed by atoms with Crippen LogP contribution in [0.1, 0.15) is 21.5 Å². The van der Waals surface area contributed by atoms with E-state index < -0.39 is 0 Å². The maximum absolute atomic E-state index is 11.9. The number of halogens is 1. The van der Waals surface area contributed by atoms with Crippen molar-refractivity contribution in [3.8, 4) is 0 Å². The third-order valence-corrected chi connectivity index (χ3v) is 3.11. The van der Waals surface area contributed by atoms with Gasteiger partial charge in [-0.1, -0.05) is 64.0 Å². The van der Waals surface area contributed by atoms with Crippen LogP contribution in [0, 0.1) is 6.92 Å². The van der Waals surface area contributed by atoms with Crippen molar-refractivity contribution in [3.63, 3.8) is 0 Å². The summed E-state index contributed by atoms with van der Waals surface area (Å²) < 4.78 is 0.914. The van der Waals surface area contributed by atoms with E-state index >= 15 is 0 Å². The van der Waals surface area contributed by atoms with Gasteiger partial charge in [-0.3, -0.25) is 4.79 Å². The van der Waals surface area contributed by atoms with Crippen molar-refractivity contribution < 1.29 is 4.79 Å². The summed E-state index contributed by atoms with van der Waals surface area (Å²) in [5.74, 6) is 0.0110. The molecule has 0 aliphatic rings. The van der Waals surface area contributed by atoms with E-state index in [-0.39, 0.29) is 5.78 Å². The van der Waals surface area contributed by atoms with Crippen LogP contribution in [0.25, 0.3) is 6.08 Å². The molecule has 2 aromatic rings. The van der Waals surface area contributed by atoms with Crippen LogP contribution in [0.5, 0.6) is 0 Å². The lowest BCUT2D eigenvalue weighted by Crippen LogP contribution is -1.93. The lowest BCUT2D eigenvalue weighted by molar-refractivity contribution is 0.104. The molecule has 18 heavy (non-hydrogen) atoms. The van der Waals surface area contributed by atoms with Gasteiger partial charge in [-0.15, -0.1) is 0 Å². The van der Waals surface area contributed by atoms with Gasteiger partial charge in [0.25, 0.3) is 0 Å². The second-order valence-corrected chi connectivity index (χ2v) is 5.03. The van der Waals surface area contributed by atoms with Crippen LogP contribution in [-0.2, 0) is 0 Å². The predicted molar refractivity (Wildman–Crippen MR) is 78.7 cm³/mol. The minimum atomic E-state index is 0.0110. The van der Waals surface area contributed by atoms with Gasteiger partial charge in [0.1, 0.15) is 0 Å². The SMILES string of the molecule is Cc1ccc(/C=C/C(=O)c2cccc(Br)c2)cc1. The van der Waals surface area contributed by atoms with Gasteiger partial charge in [0, 0.05) is 10.0 Å². The number of aryl methyl sites for hydroxylation is 1. The van der Waals surface area contributed by atoms with Crippen LogP contribution in [0.15, 0.2) is 59.1 Å². The van der Waals surface area contributed by atoms with Crippen LogP contribution < -0.4 is 0 Å².